The summed E-state index contributed by atoms with van der Waals surface area (Å²) in [5.41, 5.74) is -2.60. The summed E-state index contributed by atoms with van der Waals surface area (Å²) < 4.78 is 9.47. The Morgan fingerprint density at radius 2 is 1.63 bits per heavy atom. The Hall–Kier alpha value is -1.79. The van der Waals surface area contributed by atoms with Crippen molar-refractivity contribution in [1.82, 2.24) is 5.32 Å². The Kier molecular flexibility index (Phi) is 5.34. The van der Waals surface area contributed by atoms with Gasteiger partial charge in [0.15, 0.2) is 5.41 Å². The molecule has 2 unspecified atom stereocenters. The summed E-state index contributed by atoms with van der Waals surface area (Å²) in [5, 5.41) is 11.5. The molecule has 0 spiro atoms. The van der Waals surface area contributed by atoms with Crippen molar-refractivity contribution in [2.45, 2.75) is 46.3 Å². The van der Waals surface area contributed by atoms with Crippen molar-refractivity contribution in [3.05, 3.63) is 0 Å². The van der Waals surface area contributed by atoms with Gasteiger partial charge in [0, 0.05) is 0 Å². The summed E-state index contributed by atoms with van der Waals surface area (Å²) in [6.45, 7) is 7.61. The molecule has 7 nitrogen and oxygen atoms in total. The zero-order valence-electron chi connectivity index (χ0n) is 12.1. The third-order valence-corrected chi connectivity index (χ3v) is 2.65. The van der Waals surface area contributed by atoms with E-state index in [1.165, 1.54) is 13.8 Å². The van der Waals surface area contributed by atoms with Crippen LogP contribution in [-0.2, 0) is 19.1 Å². The SMILES string of the molecule is COC(=O)C(C)(C(=O)O)C(C)NC(=O)OC(C)(C)C. The van der Waals surface area contributed by atoms with E-state index in [2.05, 4.69) is 10.1 Å². The van der Waals surface area contributed by atoms with Crippen molar-refractivity contribution in [2.24, 2.45) is 5.41 Å². The minimum atomic E-state index is -1.88. The first-order chi connectivity index (χ1) is 8.45. The van der Waals surface area contributed by atoms with Crippen LogP contribution in [0.5, 0.6) is 0 Å². The van der Waals surface area contributed by atoms with E-state index in [1.807, 2.05) is 0 Å². The highest BCUT2D eigenvalue weighted by Crippen LogP contribution is 2.24. The van der Waals surface area contributed by atoms with Gasteiger partial charge in [0.05, 0.1) is 13.2 Å². The molecule has 1 amide bonds. The lowest BCUT2D eigenvalue weighted by Crippen LogP contribution is -2.54. The van der Waals surface area contributed by atoms with Crippen LogP contribution in [0.25, 0.3) is 0 Å². The third kappa shape index (κ3) is 4.42. The van der Waals surface area contributed by atoms with Gasteiger partial charge in [-0.3, -0.25) is 9.59 Å². The second kappa shape index (κ2) is 5.90. The van der Waals surface area contributed by atoms with E-state index in [4.69, 9.17) is 9.84 Å². The molecular weight excluding hydrogens is 254 g/mol. The second-order valence-electron chi connectivity index (χ2n) is 5.37. The molecule has 0 saturated carbocycles. The van der Waals surface area contributed by atoms with Gasteiger partial charge in [0.25, 0.3) is 0 Å². The van der Waals surface area contributed by atoms with E-state index >= 15 is 0 Å². The van der Waals surface area contributed by atoms with Gasteiger partial charge < -0.3 is 19.9 Å². The van der Waals surface area contributed by atoms with Crippen LogP contribution >= 0.6 is 0 Å². The number of nitrogens with one attached hydrogen (secondary N) is 1. The molecule has 0 fully saturated rings. The van der Waals surface area contributed by atoms with Gasteiger partial charge >= 0.3 is 18.0 Å². The van der Waals surface area contributed by atoms with E-state index in [1.54, 1.807) is 20.8 Å². The van der Waals surface area contributed by atoms with Gasteiger partial charge in [-0.25, -0.2) is 4.79 Å². The standard InChI is InChI=1S/C12H21NO6/c1-7(13-10(17)19-11(2,3)4)12(5,8(14)15)9(16)18-6/h7H,1-6H3,(H,13,17)(H,14,15). The van der Waals surface area contributed by atoms with E-state index in [0.29, 0.717) is 0 Å². The lowest BCUT2D eigenvalue weighted by Gasteiger charge is -2.30. The van der Waals surface area contributed by atoms with Crippen LogP contribution in [0, 0.1) is 5.41 Å². The maximum absolute atomic E-state index is 11.6. The van der Waals surface area contributed by atoms with E-state index in [9.17, 15) is 14.4 Å². The zero-order chi connectivity index (χ0) is 15.4. The Balaban J connectivity index is 4.96. The van der Waals surface area contributed by atoms with Gasteiger partial charge in [-0.1, -0.05) is 0 Å². The number of carbonyl (C=O) groups is 3. The smallest absolute Gasteiger partial charge is 0.407 e. The summed E-state index contributed by atoms with van der Waals surface area (Å²) in [5.74, 6) is -2.33. The number of methoxy groups -OCH3 is 1. The number of rotatable bonds is 4. The number of alkyl carbamates (subject to hydrolysis) is 1. The summed E-state index contributed by atoms with van der Waals surface area (Å²) in [4.78, 5) is 34.4. The van der Waals surface area contributed by atoms with Crippen molar-refractivity contribution >= 4 is 18.0 Å². The number of carboxylic acids is 1. The van der Waals surface area contributed by atoms with Crippen molar-refractivity contribution < 1.29 is 29.0 Å². The molecule has 0 aliphatic rings. The Morgan fingerprint density at radius 3 is 1.95 bits per heavy atom. The molecule has 0 aromatic carbocycles. The predicted octanol–water partition coefficient (Wildman–Crippen LogP) is 1.16. The summed E-state index contributed by atoms with van der Waals surface area (Å²) in [7, 11) is 1.09. The number of aliphatic carboxylic acids is 1. The van der Waals surface area contributed by atoms with Crippen LogP contribution in [0.2, 0.25) is 0 Å². The normalized spacial score (nSPS) is 15.9. The number of amides is 1. The van der Waals surface area contributed by atoms with Crippen molar-refractivity contribution in [3.8, 4) is 0 Å². The van der Waals surface area contributed by atoms with E-state index < -0.39 is 35.1 Å². The summed E-state index contributed by atoms with van der Waals surface area (Å²) in [6.07, 6.45) is -0.795. The Bertz CT molecular complexity index is 373. The largest absolute Gasteiger partial charge is 0.480 e. The number of carboxylic acid groups (broad SMARTS) is 1. The molecule has 7 heteroatoms. The average molecular weight is 275 g/mol. The fraction of sp³-hybridized carbons (Fsp3) is 0.750. The molecular formula is C12H21NO6. The molecule has 0 saturated heterocycles. The molecule has 0 radical (unpaired) electrons. The van der Waals surface area contributed by atoms with Crippen LogP contribution in [0.1, 0.15) is 34.6 Å². The molecule has 19 heavy (non-hydrogen) atoms. The van der Waals surface area contributed by atoms with Crippen LogP contribution in [0.3, 0.4) is 0 Å². The number of ether oxygens (including phenoxy) is 2. The second-order valence-corrected chi connectivity index (χ2v) is 5.37. The number of carbonyl (C=O) groups excluding carboxylic acids is 2. The van der Waals surface area contributed by atoms with Gasteiger partial charge in [-0.2, -0.15) is 0 Å². The molecule has 0 aliphatic carbocycles. The fourth-order valence-electron chi connectivity index (χ4n) is 1.29. The molecule has 0 bridgehead atoms. The lowest BCUT2D eigenvalue weighted by molar-refractivity contribution is -0.167. The molecule has 2 N–H and O–H groups in total. The molecule has 110 valence electrons. The number of hydrogen-bond donors (Lipinski definition) is 2. The van der Waals surface area contributed by atoms with E-state index in [-0.39, 0.29) is 0 Å². The van der Waals surface area contributed by atoms with Crippen LogP contribution in [0.4, 0.5) is 4.79 Å². The summed E-state index contributed by atoms with van der Waals surface area (Å²) >= 11 is 0. The quantitative estimate of drug-likeness (QED) is 0.589. The topological polar surface area (TPSA) is 102 Å². The molecule has 0 aliphatic heterocycles. The van der Waals surface area contributed by atoms with Gasteiger partial charge in [0.1, 0.15) is 5.60 Å². The van der Waals surface area contributed by atoms with Crippen molar-refractivity contribution in [2.75, 3.05) is 7.11 Å². The first-order valence-electron chi connectivity index (χ1n) is 5.76. The Morgan fingerprint density at radius 1 is 1.16 bits per heavy atom. The monoisotopic (exact) mass is 275 g/mol. The maximum atomic E-state index is 11.6. The highest BCUT2D eigenvalue weighted by molar-refractivity contribution is 6.00. The molecule has 0 aromatic heterocycles. The molecule has 0 rings (SSSR count). The van der Waals surface area contributed by atoms with Crippen LogP contribution in [-0.4, -0.2) is 41.9 Å². The highest BCUT2D eigenvalue weighted by Gasteiger charge is 2.48. The minimum Gasteiger partial charge on any atom is -0.480 e. The van der Waals surface area contributed by atoms with Gasteiger partial charge in [-0.05, 0) is 34.6 Å². The van der Waals surface area contributed by atoms with Crippen LogP contribution < -0.4 is 5.32 Å². The summed E-state index contributed by atoms with van der Waals surface area (Å²) in [6, 6.07) is -0.993. The molecule has 0 heterocycles. The minimum absolute atomic E-state index is 0.714. The predicted molar refractivity (Wildman–Crippen MR) is 66.6 cm³/mol. The average Bonchev–Trinajstić information content (AvgIpc) is 2.23. The van der Waals surface area contributed by atoms with Gasteiger partial charge in [0.2, 0.25) is 0 Å². The first kappa shape index (κ1) is 17.2. The highest BCUT2D eigenvalue weighted by atomic mass is 16.6. The fourth-order valence-corrected chi connectivity index (χ4v) is 1.29. The van der Waals surface area contributed by atoms with Crippen LogP contribution in [0.15, 0.2) is 0 Å². The molecule has 0 aromatic rings. The Labute approximate surface area is 112 Å². The number of hydrogen-bond acceptors (Lipinski definition) is 5. The number of esters is 1. The van der Waals surface area contributed by atoms with E-state index in [0.717, 1.165) is 7.11 Å². The first-order valence-corrected chi connectivity index (χ1v) is 5.76. The molecule has 2 atom stereocenters. The lowest BCUT2D eigenvalue weighted by atomic mass is 9.83. The van der Waals surface area contributed by atoms with Gasteiger partial charge in [-0.15, -0.1) is 0 Å². The van der Waals surface area contributed by atoms with Crippen molar-refractivity contribution in [1.29, 1.82) is 0 Å². The maximum Gasteiger partial charge on any atom is 0.407 e. The third-order valence-electron chi connectivity index (χ3n) is 2.65. The van der Waals surface area contributed by atoms with Crippen molar-refractivity contribution in [3.63, 3.8) is 0 Å². The zero-order valence-corrected chi connectivity index (χ0v) is 12.1.